The maximum atomic E-state index is 13.3. The van der Waals surface area contributed by atoms with Crippen molar-refractivity contribution in [1.82, 2.24) is 24.6 Å². The number of aromatic nitrogens is 4. The summed E-state index contributed by atoms with van der Waals surface area (Å²) in [6.07, 6.45) is 12.2. The third kappa shape index (κ3) is 4.97. The van der Waals surface area contributed by atoms with Crippen molar-refractivity contribution in [3.8, 4) is 17.1 Å². The molecule has 0 atom stereocenters. The van der Waals surface area contributed by atoms with Crippen LogP contribution in [0, 0.1) is 0 Å². The van der Waals surface area contributed by atoms with Gasteiger partial charge in [-0.25, -0.2) is 4.98 Å². The van der Waals surface area contributed by atoms with Crippen LogP contribution >= 0.6 is 11.8 Å². The molecule has 0 radical (unpaired) electrons. The Bertz CT molecular complexity index is 1210. The van der Waals surface area contributed by atoms with Crippen LogP contribution in [0.25, 0.3) is 17.1 Å². The highest BCUT2D eigenvalue weighted by Crippen LogP contribution is 2.30. The summed E-state index contributed by atoms with van der Waals surface area (Å²) in [6, 6.07) is 9.47. The van der Waals surface area contributed by atoms with Crippen molar-refractivity contribution in [2.24, 2.45) is 0 Å². The molecule has 3 aliphatic heterocycles. The minimum Gasteiger partial charge on any atom is -0.355 e. The number of hydrogen-bond donors (Lipinski definition) is 1. The SMILES string of the molecule is O=C(CSc1nc2nn(-c3ccccc3)c(=O)c-2c2n1CCCCC2)NCCC1=CCCCC1. The van der Waals surface area contributed by atoms with Crippen molar-refractivity contribution in [3.05, 3.63) is 58.0 Å². The molecule has 8 heteroatoms. The number of thioether (sulfide) groups is 1. The Morgan fingerprint density at radius 1 is 1.06 bits per heavy atom. The van der Waals surface area contributed by atoms with E-state index in [4.69, 9.17) is 4.98 Å². The van der Waals surface area contributed by atoms with E-state index in [2.05, 4.69) is 21.1 Å². The average molecular weight is 478 g/mol. The molecule has 34 heavy (non-hydrogen) atoms. The number of nitrogens with one attached hydrogen (secondary N) is 1. The van der Waals surface area contributed by atoms with Crippen LogP contribution < -0.4 is 10.9 Å². The fourth-order valence-electron chi connectivity index (χ4n) is 4.88. The molecule has 5 rings (SSSR count). The van der Waals surface area contributed by atoms with Gasteiger partial charge in [0.25, 0.3) is 5.56 Å². The van der Waals surface area contributed by atoms with Gasteiger partial charge in [0.15, 0.2) is 11.0 Å². The smallest absolute Gasteiger partial charge is 0.284 e. The lowest BCUT2D eigenvalue weighted by molar-refractivity contribution is -0.118. The molecular weight excluding hydrogens is 446 g/mol. The van der Waals surface area contributed by atoms with Crippen LogP contribution in [-0.4, -0.2) is 37.5 Å². The molecule has 7 nitrogen and oxygen atoms in total. The highest BCUT2D eigenvalue weighted by molar-refractivity contribution is 7.99. The number of carbonyl (C=O) groups excluding carboxylic acids is 1. The first-order chi connectivity index (χ1) is 16.7. The minimum atomic E-state index is -0.120. The summed E-state index contributed by atoms with van der Waals surface area (Å²) in [5.74, 6) is 0.792. The first-order valence-electron chi connectivity index (χ1n) is 12.4. The molecule has 0 saturated carbocycles. The summed E-state index contributed by atoms with van der Waals surface area (Å²) in [6.45, 7) is 1.50. The molecule has 0 spiro atoms. The predicted octanol–water partition coefficient (Wildman–Crippen LogP) is 4.36. The summed E-state index contributed by atoms with van der Waals surface area (Å²) in [5.41, 5.74) is 3.70. The average Bonchev–Trinajstić information content (AvgIpc) is 3.03. The van der Waals surface area contributed by atoms with Crippen LogP contribution in [0.4, 0.5) is 0 Å². The first kappa shape index (κ1) is 22.9. The van der Waals surface area contributed by atoms with Crippen molar-refractivity contribution >= 4 is 17.7 Å². The molecular formula is C26H31N5O2S. The number of rotatable bonds is 7. The number of amides is 1. The number of allylic oxidation sites excluding steroid dienone is 1. The van der Waals surface area contributed by atoms with Crippen LogP contribution in [0.1, 0.15) is 57.1 Å². The van der Waals surface area contributed by atoms with Gasteiger partial charge >= 0.3 is 0 Å². The lowest BCUT2D eigenvalue weighted by Crippen LogP contribution is -2.27. The molecule has 1 aromatic carbocycles. The summed E-state index contributed by atoms with van der Waals surface area (Å²) in [4.78, 5) is 30.6. The molecule has 0 aromatic heterocycles. The van der Waals surface area contributed by atoms with E-state index in [0.29, 0.717) is 23.7 Å². The maximum absolute atomic E-state index is 13.3. The zero-order valence-corrected chi connectivity index (χ0v) is 20.3. The topological polar surface area (TPSA) is 81.8 Å². The fraction of sp³-hybridized carbons (Fsp3) is 0.462. The first-order valence-corrected chi connectivity index (χ1v) is 13.3. The number of carbonyl (C=O) groups is 1. The summed E-state index contributed by atoms with van der Waals surface area (Å²) in [7, 11) is 0. The van der Waals surface area contributed by atoms with E-state index >= 15 is 0 Å². The van der Waals surface area contributed by atoms with Crippen molar-refractivity contribution in [1.29, 1.82) is 0 Å². The summed E-state index contributed by atoms with van der Waals surface area (Å²) >= 11 is 1.44. The van der Waals surface area contributed by atoms with Gasteiger partial charge < -0.3 is 9.88 Å². The maximum Gasteiger partial charge on any atom is 0.284 e. The van der Waals surface area contributed by atoms with E-state index in [0.717, 1.165) is 61.6 Å². The van der Waals surface area contributed by atoms with Crippen molar-refractivity contribution in [3.63, 3.8) is 0 Å². The highest BCUT2D eigenvalue weighted by Gasteiger charge is 2.27. The highest BCUT2D eigenvalue weighted by atomic mass is 32.2. The van der Waals surface area contributed by atoms with Gasteiger partial charge in [-0.1, -0.05) is 48.0 Å². The molecule has 1 N–H and O–H groups in total. The quantitative estimate of drug-likeness (QED) is 0.311. The summed E-state index contributed by atoms with van der Waals surface area (Å²) < 4.78 is 3.60. The van der Waals surface area contributed by atoms with E-state index in [-0.39, 0.29) is 11.5 Å². The number of fused-ring (bicyclic) bond motifs is 3. The third-order valence-electron chi connectivity index (χ3n) is 6.65. The van der Waals surface area contributed by atoms with Gasteiger partial charge in [-0.3, -0.25) is 9.59 Å². The summed E-state index contributed by atoms with van der Waals surface area (Å²) in [5, 5.41) is 8.40. The molecule has 1 amide bonds. The third-order valence-corrected chi connectivity index (χ3v) is 7.63. The molecule has 0 bridgehead atoms. The fourth-order valence-corrected chi connectivity index (χ4v) is 5.75. The lowest BCUT2D eigenvalue weighted by Gasteiger charge is -2.17. The van der Waals surface area contributed by atoms with Crippen LogP contribution in [0.2, 0.25) is 0 Å². The van der Waals surface area contributed by atoms with Crippen molar-refractivity contribution in [2.45, 2.75) is 69.5 Å². The van der Waals surface area contributed by atoms with E-state index < -0.39 is 0 Å². The number of para-hydroxylation sites is 1. The Morgan fingerprint density at radius 2 is 1.91 bits per heavy atom. The molecule has 3 heterocycles. The largest absolute Gasteiger partial charge is 0.355 e. The molecule has 4 aliphatic rings. The van der Waals surface area contributed by atoms with Gasteiger partial charge in [-0.05, 0) is 63.5 Å². The zero-order chi connectivity index (χ0) is 23.3. The van der Waals surface area contributed by atoms with Gasteiger partial charge in [0.05, 0.1) is 11.4 Å². The Hall–Kier alpha value is -2.87. The number of hydrogen-bond acceptors (Lipinski definition) is 5. The normalized spacial score (nSPS) is 16.1. The monoisotopic (exact) mass is 477 g/mol. The predicted molar refractivity (Wildman–Crippen MR) is 135 cm³/mol. The van der Waals surface area contributed by atoms with E-state index in [9.17, 15) is 9.59 Å². The van der Waals surface area contributed by atoms with Gasteiger partial charge in [-0.2, -0.15) is 4.68 Å². The minimum absolute atomic E-state index is 0.0191. The van der Waals surface area contributed by atoms with Crippen LogP contribution in [0.3, 0.4) is 0 Å². The Balaban J connectivity index is 1.36. The molecule has 178 valence electrons. The van der Waals surface area contributed by atoms with Crippen molar-refractivity contribution in [2.75, 3.05) is 12.3 Å². The van der Waals surface area contributed by atoms with Crippen molar-refractivity contribution < 1.29 is 4.79 Å². The van der Waals surface area contributed by atoms with Gasteiger partial charge in [0, 0.05) is 18.8 Å². The molecule has 1 aliphatic carbocycles. The molecule has 0 saturated heterocycles. The molecule has 0 unspecified atom stereocenters. The van der Waals surface area contributed by atoms with Crippen LogP contribution in [-0.2, 0) is 17.8 Å². The van der Waals surface area contributed by atoms with Gasteiger partial charge in [-0.15, -0.1) is 5.10 Å². The second-order valence-electron chi connectivity index (χ2n) is 9.05. The van der Waals surface area contributed by atoms with E-state index in [1.165, 1.54) is 41.3 Å². The second kappa shape index (κ2) is 10.6. The van der Waals surface area contributed by atoms with Gasteiger partial charge in [0.2, 0.25) is 5.91 Å². The number of benzene rings is 1. The molecule has 0 fully saturated rings. The standard InChI is InChI=1S/C26H31N5O2S/c32-22(27-16-15-19-10-4-1-5-11-19)18-34-26-28-24-23(21-14-8-3-9-17-30(21)26)25(33)31(29-24)20-12-6-2-7-13-20/h2,6-7,10,12-13H,1,3-5,8-9,11,14-18H2,(H,27,32). The van der Waals surface area contributed by atoms with Gasteiger partial charge in [0.1, 0.15) is 5.56 Å². The van der Waals surface area contributed by atoms with Crippen LogP contribution in [0.15, 0.2) is 51.9 Å². The lowest BCUT2D eigenvalue weighted by atomic mass is 9.97. The Morgan fingerprint density at radius 3 is 2.74 bits per heavy atom. The molecule has 1 aromatic rings. The Labute approximate surface area is 204 Å². The Kier molecular flexibility index (Phi) is 7.13. The van der Waals surface area contributed by atoms with Crippen LogP contribution in [0.5, 0.6) is 0 Å². The van der Waals surface area contributed by atoms with E-state index in [1.807, 2.05) is 30.3 Å². The van der Waals surface area contributed by atoms with E-state index in [1.54, 1.807) is 0 Å². The number of nitrogens with zero attached hydrogens (tertiary/aromatic N) is 4. The second-order valence-corrected chi connectivity index (χ2v) is 9.99. The zero-order valence-electron chi connectivity index (χ0n) is 19.5.